The van der Waals surface area contributed by atoms with Crippen molar-refractivity contribution in [1.82, 2.24) is 0 Å². The van der Waals surface area contributed by atoms with Crippen LogP contribution in [-0.2, 0) is 0 Å². The second-order valence-corrected chi connectivity index (χ2v) is 7.78. The Morgan fingerprint density at radius 1 is 1.11 bits per heavy atom. The summed E-state index contributed by atoms with van der Waals surface area (Å²) in [5.41, 5.74) is 5.71. The van der Waals surface area contributed by atoms with Crippen LogP contribution in [-0.4, -0.2) is 5.11 Å². The van der Waals surface area contributed by atoms with Crippen LogP contribution >= 0.6 is 15.9 Å². The fraction of sp³-hybridized carbons (Fsp3) is 0.167. The minimum Gasteiger partial charge on any atom is -0.512 e. The van der Waals surface area contributed by atoms with Gasteiger partial charge in [-0.1, -0.05) is 53.7 Å². The molecule has 2 nitrogen and oxygen atoms in total. The number of aliphatic hydroxyl groups excluding tert-OH is 1. The second-order valence-electron chi connectivity index (χ2n) is 6.76. The summed E-state index contributed by atoms with van der Waals surface area (Å²) in [6, 6.07) is 10.3. The highest BCUT2D eigenvalue weighted by Crippen LogP contribution is 2.36. The van der Waals surface area contributed by atoms with E-state index in [0.29, 0.717) is 12.2 Å². The molecule has 0 unspecified atom stereocenters. The summed E-state index contributed by atoms with van der Waals surface area (Å²) < 4.78 is 7.26. The van der Waals surface area contributed by atoms with E-state index in [0.717, 1.165) is 61.5 Å². The van der Waals surface area contributed by atoms with Crippen molar-refractivity contribution in [2.75, 3.05) is 0 Å². The van der Waals surface area contributed by atoms with Crippen LogP contribution in [0.3, 0.4) is 0 Å². The predicted molar refractivity (Wildman–Crippen MR) is 119 cm³/mol. The molecule has 136 valence electrons. The quantitative estimate of drug-likeness (QED) is 0.463. The van der Waals surface area contributed by atoms with Crippen LogP contribution in [0.15, 0.2) is 63.7 Å². The molecule has 0 amide bonds. The Morgan fingerprint density at radius 3 is 2.70 bits per heavy atom. The summed E-state index contributed by atoms with van der Waals surface area (Å²) in [5, 5.41) is 12.5. The lowest BCUT2D eigenvalue weighted by molar-refractivity contribution is 0.391. The molecule has 1 N–H and O–H groups in total. The number of furan rings is 1. The van der Waals surface area contributed by atoms with Crippen molar-refractivity contribution in [2.24, 2.45) is 0 Å². The molecule has 0 radical (unpaired) electrons. The molecular weight excluding hydrogens is 400 g/mol. The van der Waals surface area contributed by atoms with Gasteiger partial charge in [-0.2, -0.15) is 0 Å². The zero-order valence-electron chi connectivity index (χ0n) is 15.3. The van der Waals surface area contributed by atoms with E-state index in [9.17, 15) is 5.11 Å². The number of hydrogen-bond acceptors (Lipinski definition) is 2. The molecule has 1 aliphatic carbocycles. The molecular formula is C24H21BrO2. The molecule has 1 heterocycles. The summed E-state index contributed by atoms with van der Waals surface area (Å²) >= 11 is 3.55. The zero-order chi connectivity index (χ0) is 19.0. The van der Waals surface area contributed by atoms with E-state index in [-0.39, 0.29) is 0 Å². The number of allylic oxidation sites excluding steroid dienone is 5. The van der Waals surface area contributed by atoms with Crippen LogP contribution in [0.4, 0.5) is 0 Å². The number of rotatable bonds is 4. The Kier molecular flexibility index (Phi) is 4.79. The number of halogens is 1. The Bertz CT molecular complexity index is 1140. The maximum absolute atomic E-state index is 10.3. The largest absolute Gasteiger partial charge is 0.512 e. The predicted octanol–water partition coefficient (Wildman–Crippen LogP) is 7.99. The SMILES string of the molecule is C=Cc1cc2c(cc1/C=C\CC)oc1cc(C3=C(O)CCC(Br)=C3)ccc12. The molecule has 27 heavy (non-hydrogen) atoms. The second kappa shape index (κ2) is 7.24. The van der Waals surface area contributed by atoms with Gasteiger partial charge >= 0.3 is 0 Å². The Balaban J connectivity index is 1.89. The van der Waals surface area contributed by atoms with Crippen LogP contribution < -0.4 is 0 Å². The zero-order valence-corrected chi connectivity index (χ0v) is 16.8. The summed E-state index contributed by atoms with van der Waals surface area (Å²) in [5.74, 6) is 0.426. The third kappa shape index (κ3) is 3.28. The van der Waals surface area contributed by atoms with Gasteiger partial charge in [0.05, 0.1) is 0 Å². The van der Waals surface area contributed by atoms with Gasteiger partial charge in [0, 0.05) is 22.8 Å². The third-order valence-corrected chi connectivity index (χ3v) is 5.58. The molecule has 0 aliphatic heterocycles. The minimum absolute atomic E-state index is 0.426. The van der Waals surface area contributed by atoms with Gasteiger partial charge in [-0.15, -0.1) is 0 Å². The maximum Gasteiger partial charge on any atom is 0.136 e. The fourth-order valence-electron chi connectivity index (χ4n) is 3.52. The van der Waals surface area contributed by atoms with Crippen LogP contribution in [0.2, 0.25) is 0 Å². The van der Waals surface area contributed by atoms with Crippen molar-refractivity contribution in [1.29, 1.82) is 0 Å². The Labute approximate surface area is 167 Å². The van der Waals surface area contributed by atoms with Crippen molar-refractivity contribution >= 4 is 55.6 Å². The van der Waals surface area contributed by atoms with E-state index in [1.54, 1.807) is 0 Å². The molecule has 2 aromatic carbocycles. The van der Waals surface area contributed by atoms with Crippen molar-refractivity contribution in [3.05, 3.63) is 76.0 Å². The molecule has 0 atom stereocenters. The summed E-state index contributed by atoms with van der Waals surface area (Å²) in [6.07, 6.45) is 10.6. The van der Waals surface area contributed by atoms with Gasteiger partial charge in [0.2, 0.25) is 0 Å². The number of aliphatic hydroxyl groups is 1. The van der Waals surface area contributed by atoms with Gasteiger partial charge in [0.25, 0.3) is 0 Å². The first-order valence-electron chi connectivity index (χ1n) is 9.18. The minimum atomic E-state index is 0.426. The fourth-order valence-corrected chi connectivity index (χ4v) is 3.95. The lowest BCUT2D eigenvalue weighted by atomic mass is 9.96. The average Bonchev–Trinajstić information content (AvgIpc) is 3.03. The van der Waals surface area contributed by atoms with Gasteiger partial charge in [0.15, 0.2) is 0 Å². The molecule has 0 saturated heterocycles. The van der Waals surface area contributed by atoms with Crippen LogP contribution in [0.5, 0.6) is 0 Å². The summed E-state index contributed by atoms with van der Waals surface area (Å²) in [6.45, 7) is 6.07. The van der Waals surface area contributed by atoms with Gasteiger partial charge in [-0.3, -0.25) is 0 Å². The normalized spacial score (nSPS) is 15.1. The van der Waals surface area contributed by atoms with Crippen molar-refractivity contribution in [3.8, 4) is 0 Å². The van der Waals surface area contributed by atoms with E-state index < -0.39 is 0 Å². The Hall–Kier alpha value is -2.52. The van der Waals surface area contributed by atoms with Crippen molar-refractivity contribution in [2.45, 2.75) is 26.2 Å². The van der Waals surface area contributed by atoms with Crippen LogP contribution in [0.25, 0.3) is 39.7 Å². The maximum atomic E-state index is 10.3. The van der Waals surface area contributed by atoms with Crippen LogP contribution in [0, 0.1) is 0 Å². The topological polar surface area (TPSA) is 33.4 Å². The molecule has 1 aliphatic rings. The monoisotopic (exact) mass is 420 g/mol. The molecule has 0 spiro atoms. The van der Waals surface area contributed by atoms with Crippen molar-refractivity contribution in [3.63, 3.8) is 0 Å². The average molecular weight is 421 g/mol. The number of benzene rings is 2. The number of hydrogen-bond donors (Lipinski definition) is 1. The molecule has 4 rings (SSSR count). The lowest BCUT2D eigenvalue weighted by Gasteiger charge is -2.13. The number of fused-ring (bicyclic) bond motifs is 3. The molecule has 3 aromatic rings. The van der Waals surface area contributed by atoms with E-state index in [1.807, 2.05) is 24.3 Å². The van der Waals surface area contributed by atoms with E-state index in [1.165, 1.54) is 0 Å². The molecule has 0 saturated carbocycles. The first-order chi connectivity index (χ1) is 13.1. The van der Waals surface area contributed by atoms with Crippen LogP contribution in [0.1, 0.15) is 42.9 Å². The highest BCUT2D eigenvalue weighted by molar-refractivity contribution is 9.11. The standard InChI is InChI=1S/C24H21BrO2/c1-3-5-6-16-12-24-21(11-15(16)4-2)19-9-7-17(13-23(19)27-24)20-14-18(25)8-10-22(20)26/h4-7,9,11-14,26H,2-3,8,10H2,1H3/b6-5-. The lowest BCUT2D eigenvalue weighted by Crippen LogP contribution is -1.96. The van der Waals surface area contributed by atoms with E-state index >= 15 is 0 Å². The van der Waals surface area contributed by atoms with E-state index in [4.69, 9.17) is 4.42 Å². The highest BCUT2D eigenvalue weighted by atomic mass is 79.9. The van der Waals surface area contributed by atoms with Gasteiger partial charge in [-0.25, -0.2) is 0 Å². The van der Waals surface area contributed by atoms with Gasteiger partial charge in [0.1, 0.15) is 16.9 Å². The first kappa shape index (κ1) is 17.9. The first-order valence-corrected chi connectivity index (χ1v) is 9.98. The molecule has 0 bridgehead atoms. The van der Waals surface area contributed by atoms with Gasteiger partial charge < -0.3 is 9.52 Å². The third-order valence-electron chi connectivity index (χ3n) is 4.95. The smallest absolute Gasteiger partial charge is 0.136 e. The summed E-state index contributed by atoms with van der Waals surface area (Å²) in [4.78, 5) is 0. The molecule has 1 aromatic heterocycles. The highest BCUT2D eigenvalue weighted by Gasteiger charge is 2.16. The molecule has 0 fully saturated rings. The summed E-state index contributed by atoms with van der Waals surface area (Å²) in [7, 11) is 0. The molecule has 3 heteroatoms. The van der Waals surface area contributed by atoms with Gasteiger partial charge in [-0.05, 0) is 64.4 Å². The van der Waals surface area contributed by atoms with E-state index in [2.05, 4.69) is 59.8 Å². The van der Waals surface area contributed by atoms with Crippen molar-refractivity contribution < 1.29 is 9.52 Å². The Morgan fingerprint density at radius 2 is 1.93 bits per heavy atom.